The molecule has 0 aliphatic rings. The Morgan fingerprint density at radius 1 is 0.578 bits per heavy atom. The molecule has 0 radical (unpaired) electrons. The molecule has 0 aromatic carbocycles. The summed E-state index contributed by atoms with van der Waals surface area (Å²) < 4.78 is 32.4. The number of nitrogens with one attached hydrogen (secondary N) is 1. The van der Waals surface area contributed by atoms with Gasteiger partial charge >= 0.3 is 0 Å². The molecule has 1 amide bonds. The molecule has 0 aliphatic carbocycles. The minimum Gasteiger partial charge on any atom is -0.391 e. The molecule has 0 saturated carbocycles. The molecule has 7 nitrogen and oxygen atoms in total. The van der Waals surface area contributed by atoms with Crippen molar-refractivity contribution < 1.29 is 28.0 Å². The third-order valence-corrected chi connectivity index (χ3v) is 9.61. The summed E-state index contributed by atoms with van der Waals surface area (Å²) >= 11 is 0. The number of allylic oxidation sites excluding steroid dienone is 2. The van der Waals surface area contributed by atoms with Crippen LogP contribution >= 0.6 is 0 Å². The average Bonchev–Trinajstić information content (AvgIpc) is 3.00. The highest BCUT2D eigenvalue weighted by molar-refractivity contribution is 7.85. The SMILES string of the molecule is CCCCCCCCCCC/C=C\CCCCCCCCC(O)C(=O)NC(CS(=O)(=O)O)C(O)CCCCCCCCCCC. The first kappa shape index (κ1) is 44.0. The van der Waals surface area contributed by atoms with Gasteiger partial charge in [0.15, 0.2) is 0 Å². The van der Waals surface area contributed by atoms with Gasteiger partial charge in [0, 0.05) is 0 Å². The first-order valence-electron chi connectivity index (χ1n) is 19.0. The van der Waals surface area contributed by atoms with Crippen LogP contribution in [0.3, 0.4) is 0 Å². The van der Waals surface area contributed by atoms with Crippen LogP contribution in [-0.2, 0) is 14.9 Å². The summed E-state index contributed by atoms with van der Waals surface area (Å²) in [4.78, 5) is 12.5. The van der Waals surface area contributed by atoms with Gasteiger partial charge in [0.1, 0.15) is 6.10 Å². The normalized spacial score (nSPS) is 14.2. The molecule has 0 fully saturated rings. The van der Waals surface area contributed by atoms with E-state index in [4.69, 9.17) is 0 Å². The van der Waals surface area contributed by atoms with Gasteiger partial charge in [-0.25, -0.2) is 0 Å². The van der Waals surface area contributed by atoms with Gasteiger partial charge in [0.05, 0.1) is 17.9 Å². The average molecular weight is 660 g/mol. The Bertz CT molecular complexity index is 788. The molecule has 0 heterocycles. The fraction of sp³-hybridized carbons (Fsp3) is 0.919. The second-order valence-electron chi connectivity index (χ2n) is 13.4. The molecule has 3 unspecified atom stereocenters. The number of hydrogen-bond donors (Lipinski definition) is 4. The first-order valence-corrected chi connectivity index (χ1v) is 20.6. The van der Waals surface area contributed by atoms with Crippen molar-refractivity contribution >= 4 is 16.0 Å². The highest BCUT2D eigenvalue weighted by atomic mass is 32.2. The van der Waals surface area contributed by atoms with E-state index >= 15 is 0 Å². The van der Waals surface area contributed by atoms with Gasteiger partial charge in [-0.05, 0) is 38.5 Å². The lowest BCUT2D eigenvalue weighted by molar-refractivity contribution is -0.131. The van der Waals surface area contributed by atoms with Crippen LogP contribution in [0.5, 0.6) is 0 Å². The summed E-state index contributed by atoms with van der Waals surface area (Å²) in [5.41, 5.74) is 0. The van der Waals surface area contributed by atoms with Crippen molar-refractivity contribution in [2.45, 2.75) is 212 Å². The Kier molecular flexibility index (Phi) is 31.0. The molecule has 0 aliphatic heterocycles. The van der Waals surface area contributed by atoms with Gasteiger partial charge in [-0.15, -0.1) is 0 Å². The molecule has 0 aromatic rings. The van der Waals surface area contributed by atoms with Crippen LogP contribution in [-0.4, -0.2) is 53.1 Å². The molecule has 0 saturated heterocycles. The van der Waals surface area contributed by atoms with Crippen molar-refractivity contribution in [3.63, 3.8) is 0 Å². The molecule has 268 valence electrons. The van der Waals surface area contributed by atoms with E-state index in [0.29, 0.717) is 25.7 Å². The zero-order valence-electron chi connectivity index (χ0n) is 29.4. The predicted octanol–water partition coefficient (Wildman–Crippen LogP) is 9.60. The number of aliphatic hydroxyl groups is 2. The van der Waals surface area contributed by atoms with Crippen LogP contribution in [0.1, 0.15) is 194 Å². The van der Waals surface area contributed by atoms with E-state index in [0.717, 1.165) is 44.9 Å². The van der Waals surface area contributed by atoms with Crippen molar-refractivity contribution in [3.05, 3.63) is 12.2 Å². The van der Waals surface area contributed by atoms with Crippen molar-refractivity contribution in [3.8, 4) is 0 Å². The molecule has 4 N–H and O–H groups in total. The number of carbonyl (C=O) groups excluding carboxylic acids is 1. The van der Waals surface area contributed by atoms with E-state index < -0.39 is 40.0 Å². The van der Waals surface area contributed by atoms with E-state index in [1.807, 2.05) is 0 Å². The summed E-state index contributed by atoms with van der Waals surface area (Å²) in [6.07, 6.45) is 33.8. The number of rotatable bonds is 34. The molecule has 8 heteroatoms. The maximum Gasteiger partial charge on any atom is 0.266 e. The Morgan fingerprint density at radius 2 is 0.933 bits per heavy atom. The summed E-state index contributed by atoms with van der Waals surface area (Å²) in [6.45, 7) is 4.46. The summed E-state index contributed by atoms with van der Waals surface area (Å²) in [7, 11) is -4.40. The van der Waals surface area contributed by atoms with Crippen molar-refractivity contribution in [1.29, 1.82) is 0 Å². The van der Waals surface area contributed by atoms with Crippen LogP contribution in [0.15, 0.2) is 12.2 Å². The minimum absolute atomic E-state index is 0.292. The second-order valence-corrected chi connectivity index (χ2v) is 14.8. The quantitative estimate of drug-likeness (QED) is 0.0310. The largest absolute Gasteiger partial charge is 0.391 e. The molecular weight excluding hydrogens is 586 g/mol. The van der Waals surface area contributed by atoms with Crippen LogP contribution in [0.4, 0.5) is 0 Å². The summed E-state index contributed by atoms with van der Waals surface area (Å²) in [5, 5.41) is 23.4. The van der Waals surface area contributed by atoms with E-state index in [1.54, 1.807) is 0 Å². The smallest absolute Gasteiger partial charge is 0.266 e. The highest BCUT2D eigenvalue weighted by Gasteiger charge is 2.28. The van der Waals surface area contributed by atoms with Gasteiger partial charge in [-0.2, -0.15) is 8.42 Å². The summed E-state index contributed by atoms with van der Waals surface area (Å²) in [5.74, 6) is -1.46. The molecule has 3 atom stereocenters. The van der Waals surface area contributed by atoms with E-state index in [-0.39, 0.29) is 0 Å². The lowest BCUT2D eigenvalue weighted by atomic mass is 10.0. The Hall–Kier alpha value is -0.960. The monoisotopic (exact) mass is 660 g/mol. The first-order chi connectivity index (χ1) is 21.7. The highest BCUT2D eigenvalue weighted by Crippen LogP contribution is 2.15. The van der Waals surface area contributed by atoms with Gasteiger partial charge in [-0.3, -0.25) is 9.35 Å². The standard InChI is InChI=1S/C37H73NO6S/c1-3-5-7-9-11-13-14-15-16-17-18-19-20-21-22-24-26-28-30-32-36(40)37(41)38-34(33-45(42,43)44)35(39)31-29-27-25-23-12-10-8-6-4-2/h18-19,34-36,39-40H,3-17,20-33H2,1-2H3,(H,38,41)(H,42,43,44)/b19-18-. The lowest BCUT2D eigenvalue weighted by Gasteiger charge is -2.24. The number of hydrogen-bond acceptors (Lipinski definition) is 5. The molecule has 0 aromatic heterocycles. The van der Waals surface area contributed by atoms with Crippen molar-refractivity contribution in [2.24, 2.45) is 0 Å². The Labute approximate surface area is 278 Å². The third kappa shape index (κ3) is 31.4. The lowest BCUT2D eigenvalue weighted by Crippen LogP contribution is -2.50. The zero-order chi connectivity index (χ0) is 33.4. The fourth-order valence-corrected chi connectivity index (χ4v) is 6.63. The fourth-order valence-electron chi connectivity index (χ4n) is 5.87. The number of amides is 1. The van der Waals surface area contributed by atoms with Crippen molar-refractivity contribution in [2.75, 3.05) is 5.75 Å². The molecule has 45 heavy (non-hydrogen) atoms. The second kappa shape index (κ2) is 31.6. The third-order valence-electron chi connectivity index (χ3n) is 8.83. The van der Waals surface area contributed by atoms with E-state index in [2.05, 4.69) is 31.3 Å². The summed E-state index contributed by atoms with van der Waals surface area (Å²) in [6, 6.07) is -1.14. The van der Waals surface area contributed by atoms with Gasteiger partial charge in [-0.1, -0.05) is 167 Å². The number of carbonyl (C=O) groups is 1. The van der Waals surface area contributed by atoms with Crippen LogP contribution in [0, 0.1) is 0 Å². The van der Waals surface area contributed by atoms with E-state index in [1.165, 1.54) is 109 Å². The van der Waals surface area contributed by atoms with Gasteiger partial charge in [0.25, 0.3) is 10.1 Å². The Balaban J connectivity index is 3.95. The number of aliphatic hydroxyl groups excluding tert-OH is 2. The molecule has 0 spiro atoms. The number of unbranched alkanes of at least 4 members (excludes halogenated alkanes) is 23. The van der Waals surface area contributed by atoms with Crippen LogP contribution in [0.2, 0.25) is 0 Å². The predicted molar refractivity (Wildman–Crippen MR) is 190 cm³/mol. The molecular formula is C37H73NO6S. The zero-order valence-corrected chi connectivity index (χ0v) is 30.2. The van der Waals surface area contributed by atoms with Crippen LogP contribution < -0.4 is 5.32 Å². The van der Waals surface area contributed by atoms with E-state index in [9.17, 15) is 28.0 Å². The molecule has 0 bridgehead atoms. The van der Waals surface area contributed by atoms with Gasteiger partial charge < -0.3 is 15.5 Å². The van der Waals surface area contributed by atoms with Gasteiger partial charge in [0.2, 0.25) is 5.91 Å². The maximum absolute atomic E-state index is 12.5. The van der Waals surface area contributed by atoms with Crippen LogP contribution in [0.25, 0.3) is 0 Å². The maximum atomic E-state index is 12.5. The molecule has 0 rings (SSSR count). The minimum atomic E-state index is -4.40. The van der Waals surface area contributed by atoms with Crippen molar-refractivity contribution in [1.82, 2.24) is 5.32 Å². The Morgan fingerprint density at radius 3 is 1.33 bits per heavy atom. The topological polar surface area (TPSA) is 124 Å².